The van der Waals surface area contributed by atoms with Crippen molar-refractivity contribution < 1.29 is 23.5 Å². The average Bonchev–Trinajstić information content (AvgIpc) is 3.76. The van der Waals surface area contributed by atoms with Crippen molar-refractivity contribution >= 4 is 44.1 Å². The molecule has 0 spiro atoms. The number of anilines is 2. The number of hydrogen-bond donors (Lipinski definition) is 2. The summed E-state index contributed by atoms with van der Waals surface area (Å²) in [4.78, 5) is 20.6. The molecule has 2 aromatic carbocycles. The van der Waals surface area contributed by atoms with Crippen LogP contribution in [0, 0.1) is 0 Å². The molecular weight excluding hydrogens is 568 g/mol. The number of thiazole rings is 1. The zero-order chi connectivity index (χ0) is 29.6. The number of nitrogens with zero attached hydrogens (tertiary/aromatic N) is 4. The van der Waals surface area contributed by atoms with Crippen LogP contribution in [0.4, 0.5) is 16.3 Å². The number of nitrogens with one attached hydrogen (secondary N) is 2. The summed E-state index contributed by atoms with van der Waals surface area (Å²) in [7, 11) is 0. The maximum atomic E-state index is 12.5. The van der Waals surface area contributed by atoms with Crippen LogP contribution >= 0.6 is 11.3 Å². The molecule has 0 radical (unpaired) electrons. The van der Waals surface area contributed by atoms with Crippen molar-refractivity contribution in [2.24, 2.45) is 0 Å². The fourth-order valence-corrected chi connectivity index (χ4v) is 6.45. The van der Waals surface area contributed by atoms with Gasteiger partial charge in [0.05, 0.1) is 41.3 Å². The van der Waals surface area contributed by atoms with Crippen LogP contribution in [0.25, 0.3) is 26.4 Å². The monoisotopic (exact) mass is 602 g/mol. The summed E-state index contributed by atoms with van der Waals surface area (Å²) in [6.07, 6.45) is 2.41. The van der Waals surface area contributed by atoms with Crippen molar-refractivity contribution in [1.29, 1.82) is 0 Å². The summed E-state index contributed by atoms with van der Waals surface area (Å²) in [5.74, 6) is 1.92. The van der Waals surface area contributed by atoms with Crippen molar-refractivity contribution in [2.45, 2.75) is 38.4 Å². The third-order valence-corrected chi connectivity index (χ3v) is 8.73. The van der Waals surface area contributed by atoms with E-state index in [-0.39, 0.29) is 17.6 Å². The Morgan fingerprint density at radius 2 is 1.81 bits per heavy atom. The van der Waals surface area contributed by atoms with E-state index in [1.807, 2.05) is 57.3 Å². The van der Waals surface area contributed by atoms with Gasteiger partial charge in [0.2, 0.25) is 0 Å². The lowest BCUT2D eigenvalue weighted by molar-refractivity contribution is -0.116. The van der Waals surface area contributed by atoms with E-state index in [1.54, 1.807) is 17.4 Å². The van der Waals surface area contributed by atoms with Crippen molar-refractivity contribution in [3.05, 3.63) is 60.5 Å². The van der Waals surface area contributed by atoms with E-state index in [4.69, 9.17) is 23.7 Å². The van der Waals surface area contributed by atoms with Crippen LogP contribution < -0.4 is 15.4 Å². The highest BCUT2D eigenvalue weighted by atomic mass is 32.1. The number of carbonyl (C=O) groups is 1. The van der Waals surface area contributed by atoms with E-state index in [1.165, 1.54) is 0 Å². The van der Waals surface area contributed by atoms with Gasteiger partial charge in [-0.1, -0.05) is 49.4 Å². The fraction of sp³-hybridized carbons (Fsp3) is 0.387. The van der Waals surface area contributed by atoms with E-state index in [2.05, 4.69) is 37.2 Å². The summed E-state index contributed by atoms with van der Waals surface area (Å²) in [5.41, 5.74) is 3.37. The number of rotatable bonds is 7. The Labute approximate surface area is 252 Å². The van der Waals surface area contributed by atoms with Gasteiger partial charge in [-0.2, -0.15) is 0 Å². The minimum absolute atomic E-state index is 0.187. The smallest absolute Gasteiger partial charge is 0.324 e. The molecule has 43 heavy (non-hydrogen) atoms. The fourth-order valence-electron chi connectivity index (χ4n) is 5.41. The standard InChI is InChI=1S/C31H34N6O5S/c1-31(2,3)27-15-28(35-42-27)34-29(38)32-20-6-4-19(5-7-20)22-16-37-23-9-8-21(14-26(23)43-30(37)33-22)39-11-10-36-17-24-25(18-36)41-13-12-40-24/h4-9,14-16,24-25H,10-13,17-18H2,1-3H3,(H2,32,34,35,38)/t24-,25-/m1/s1. The third-order valence-electron chi connectivity index (χ3n) is 7.71. The lowest BCUT2D eigenvalue weighted by Crippen LogP contribution is -2.36. The van der Waals surface area contributed by atoms with Crippen molar-refractivity contribution in [3.63, 3.8) is 0 Å². The molecule has 2 fully saturated rings. The van der Waals surface area contributed by atoms with Gasteiger partial charge in [-0.05, 0) is 30.3 Å². The Hall–Kier alpha value is -3.97. The largest absolute Gasteiger partial charge is 0.492 e. The highest BCUT2D eigenvalue weighted by Gasteiger charge is 2.36. The van der Waals surface area contributed by atoms with Crippen LogP contribution in [0.5, 0.6) is 5.75 Å². The van der Waals surface area contributed by atoms with Crippen molar-refractivity contribution in [1.82, 2.24) is 19.4 Å². The zero-order valence-corrected chi connectivity index (χ0v) is 25.1. The molecule has 0 saturated carbocycles. The van der Waals surface area contributed by atoms with E-state index in [0.717, 1.165) is 51.8 Å². The summed E-state index contributed by atoms with van der Waals surface area (Å²) in [5, 5.41) is 9.46. The van der Waals surface area contributed by atoms with E-state index < -0.39 is 6.03 Å². The second kappa shape index (κ2) is 11.3. The normalized spacial score (nSPS) is 19.1. The number of imidazole rings is 1. The number of ether oxygens (including phenoxy) is 3. The first-order valence-corrected chi connectivity index (χ1v) is 15.3. The highest BCUT2D eigenvalue weighted by molar-refractivity contribution is 7.23. The Morgan fingerprint density at radius 1 is 1.05 bits per heavy atom. The van der Waals surface area contributed by atoms with Gasteiger partial charge in [0, 0.05) is 48.6 Å². The van der Waals surface area contributed by atoms with Gasteiger partial charge < -0.3 is 24.1 Å². The summed E-state index contributed by atoms with van der Waals surface area (Å²) < 4.78 is 26.3. The molecule has 5 aromatic rings. The van der Waals surface area contributed by atoms with Crippen LogP contribution in [-0.2, 0) is 14.9 Å². The SMILES string of the molecule is CC(C)(C)c1cc(NC(=O)Nc2ccc(-c3cn4c(n3)sc3cc(OCCN5C[C@H]6OCCO[C@@H]6C5)ccc34)cc2)no1. The number of fused-ring (bicyclic) bond motifs is 4. The molecule has 2 aliphatic rings. The molecule has 2 aliphatic heterocycles. The van der Waals surface area contributed by atoms with Gasteiger partial charge in [0.1, 0.15) is 18.1 Å². The summed E-state index contributed by atoms with van der Waals surface area (Å²) in [6, 6.07) is 15.1. The minimum Gasteiger partial charge on any atom is -0.492 e. The number of likely N-dealkylation sites (tertiary alicyclic amines) is 1. The molecule has 2 saturated heterocycles. The van der Waals surface area contributed by atoms with Crippen molar-refractivity contribution in [2.75, 3.05) is 50.1 Å². The molecule has 224 valence electrons. The van der Waals surface area contributed by atoms with Crippen LogP contribution in [0.3, 0.4) is 0 Å². The molecule has 12 heteroatoms. The van der Waals surface area contributed by atoms with Gasteiger partial charge in [0.25, 0.3) is 0 Å². The molecule has 7 rings (SSSR count). The van der Waals surface area contributed by atoms with Crippen LogP contribution in [0.15, 0.2) is 59.3 Å². The minimum atomic E-state index is -0.392. The van der Waals surface area contributed by atoms with E-state index in [0.29, 0.717) is 37.1 Å². The number of urea groups is 1. The molecule has 0 bridgehead atoms. The van der Waals surface area contributed by atoms with Crippen molar-refractivity contribution in [3.8, 4) is 17.0 Å². The number of carbonyl (C=O) groups excluding carboxylic acids is 1. The number of amides is 2. The zero-order valence-electron chi connectivity index (χ0n) is 24.3. The molecule has 3 aromatic heterocycles. The predicted octanol–water partition coefficient (Wildman–Crippen LogP) is 5.62. The molecule has 5 heterocycles. The first-order chi connectivity index (χ1) is 20.8. The van der Waals surface area contributed by atoms with Crippen LogP contribution in [0.1, 0.15) is 26.5 Å². The Morgan fingerprint density at radius 3 is 2.53 bits per heavy atom. The Balaban J connectivity index is 0.957. The van der Waals surface area contributed by atoms with Gasteiger partial charge in [-0.25, -0.2) is 9.78 Å². The maximum Gasteiger partial charge on any atom is 0.324 e. The van der Waals surface area contributed by atoms with Gasteiger partial charge >= 0.3 is 6.03 Å². The number of aromatic nitrogens is 3. The molecule has 2 N–H and O–H groups in total. The summed E-state index contributed by atoms with van der Waals surface area (Å²) >= 11 is 1.63. The Kier molecular flexibility index (Phi) is 7.29. The van der Waals surface area contributed by atoms with Crippen LogP contribution in [0.2, 0.25) is 0 Å². The van der Waals surface area contributed by atoms with Gasteiger partial charge in [-0.3, -0.25) is 14.6 Å². The third kappa shape index (κ3) is 5.96. The van der Waals surface area contributed by atoms with E-state index in [9.17, 15) is 4.79 Å². The average molecular weight is 603 g/mol. The second-order valence-electron chi connectivity index (χ2n) is 11.9. The quantitative estimate of drug-likeness (QED) is 0.247. The van der Waals surface area contributed by atoms with E-state index >= 15 is 0 Å². The lowest BCUT2D eigenvalue weighted by Gasteiger charge is -2.24. The first kappa shape index (κ1) is 27.8. The summed E-state index contributed by atoms with van der Waals surface area (Å²) in [6.45, 7) is 10.7. The molecule has 0 unspecified atom stereocenters. The lowest BCUT2D eigenvalue weighted by atomic mass is 9.93. The molecular formula is C31H34N6O5S. The predicted molar refractivity (Wildman–Crippen MR) is 165 cm³/mol. The maximum absolute atomic E-state index is 12.5. The second-order valence-corrected chi connectivity index (χ2v) is 12.9. The first-order valence-electron chi connectivity index (χ1n) is 14.4. The molecule has 2 amide bonds. The van der Waals surface area contributed by atoms with Gasteiger partial charge in [0.15, 0.2) is 10.8 Å². The molecule has 11 nitrogen and oxygen atoms in total. The molecule has 2 atom stereocenters. The van der Waals surface area contributed by atoms with Crippen LogP contribution in [-0.4, -0.2) is 77.1 Å². The highest BCUT2D eigenvalue weighted by Crippen LogP contribution is 2.32. The van der Waals surface area contributed by atoms with Gasteiger partial charge in [-0.15, -0.1) is 0 Å². The topological polar surface area (TPSA) is 115 Å². The number of hydrogen-bond acceptors (Lipinski definition) is 9. The molecule has 0 aliphatic carbocycles. The number of benzene rings is 2. The Bertz CT molecular complexity index is 1740.